The molecular formula is C10H8O4S2. The van der Waals surface area contributed by atoms with Crippen molar-refractivity contribution >= 4 is 33.2 Å². The lowest BCUT2D eigenvalue weighted by atomic mass is 10.1. The molecule has 0 atom stereocenters. The van der Waals surface area contributed by atoms with E-state index in [1.165, 1.54) is 0 Å². The molecule has 2 rings (SSSR count). The molecule has 0 aliphatic carbocycles. The van der Waals surface area contributed by atoms with Crippen molar-refractivity contribution in [2.45, 2.75) is 4.90 Å². The fourth-order valence-corrected chi connectivity index (χ4v) is 2.26. The van der Waals surface area contributed by atoms with Gasteiger partial charge in [-0.2, -0.15) is 12.0 Å². The van der Waals surface area contributed by atoms with Crippen molar-refractivity contribution in [2.75, 3.05) is 0 Å². The SMILES string of the molecule is O=S(=O)(O)OSc1ccc2ccccc2c1. The fraction of sp³-hybridized carbons (Fsp3) is 0. The Morgan fingerprint density at radius 3 is 2.44 bits per heavy atom. The van der Waals surface area contributed by atoms with Gasteiger partial charge in [0, 0.05) is 4.90 Å². The van der Waals surface area contributed by atoms with Crippen LogP contribution in [0.1, 0.15) is 0 Å². The van der Waals surface area contributed by atoms with Crippen LogP contribution in [0, 0.1) is 0 Å². The van der Waals surface area contributed by atoms with Gasteiger partial charge in [-0.1, -0.05) is 30.3 Å². The van der Waals surface area contributed by atoms with Gasteiger partial charge in [0.2, 0.25) is 0 Å². The van der Waals surface area contributed by atoms with Crippen LogP contribution in [0.2, 0.25) is 0 Å². The van der Waals surface area contributed by atoms with E-state index in [1.807, 2.05) is 30.3 Å². The van der Waals surface area contributed by atoms with Gasteiger partial charge in [-0.05, 0) is 22.9 Å². The number of fused-ring (bicyclic) bond motifs is 1. The molecule has 2 aromatic carbocycles. The van der Waals surface area contributed by atoms with Gasteiger partial charge >= 0.3 is 10.4 Å². The number of benzene rings is 2. The Morgan fingerprint density at radius 2 is 1.75 bits per heavy atom. The second-order valence-electron chi connectivity index (χ2n) is 3.09. The van der Waals surface area contributed by atoms with Crippen molar-refractivity contribution in [1.82, 2.24) is 0 Å². The summed E-state index contributed by atoms with van der Waals surface area (Å²) in [6.07, 6.45) is 0. The predicted octanol–water partition coefficient (Wildman–Crippen LogP) is 2.67. The molecule has 1 N–H and O–H groups in total. The molecule has 0 radical (unpaired) electrons. The quantitative estimate of drug-likeness (QED) is 0.675. The summed E-state index contributed by atoms with van der Waals surface area (Å²) in [4.78, 5) is 0.608. The first-order chi connectivity index (χ1) is 7.54. The van der Waals surface area contributed by atoms with E-state index in [0.717, 1.165) is 10.8 Å². The van der Waals surface area contributed by atoms with Gasteiger partial charge in [-0.3, -0.25) is 4.55 Å². The molecule has 0 spiro atoms. The Kier molecular flexibility index (Phi) is 3.15. The van der Waals surface area contributed by atoms with Crippen molar-refractivity contribution in [3.8, 4) is 0 Å². The zero-order valence-electron chi connectivity index (χ0n) is 8.03. The highest BCUT2D eigenvalue weighted by Gasteiger charge is 2.06. The van der Waals surface area contributed by atoms with Gasteiger partial charge in [0.05, 0.1) is 12.0 Å². The molecule has 0 unspecified atom stereocenters. The Bertz CT molecular complexity index is 607. The molecular weight excluding hydrogens is 248 g/mol. The number of hydrogen-bond acceptors (Lipinski definition) is 4. The minimum absolute atomic E-state index is 0.604. The maximum Gasteiger partial charge on any atom is 0.408 e. The number of hydrogen-bond donors (Lipinski definition) is 1. The second-order valence-corrected chi connectivity index (χ2v) is 5.13. The zero-order chi connectivity index (χ0) is 11.6. The lowest BCUT2D eigenvalue weighted by Gasteiger charge is -2.01. The normalized spacial score (nSPS) is 11.8. The maximum absolute atomic E-state index is 10.4. The molecule has 2 aromatic rings. The van der Waals surface area contributed by atoms with Gasteiger partial charge in [0.15, 0.2) is 0 Å². The first kappa shape index (κ1) is 11.4. The van der Waals surface area contributed by atoms with Crippen LogP contribution in [0.15, 0.2) is 47.4 Å². The first-order valence-corrected chi connectivity index (χ1v) is 6.48. The third-order valence-electron chi connectivity index (χ3n) is 1.94. The van der Waals surface area contributed by atoms with Crippen molar-refractivity contribution < 1.29 is 16.6 Å². The summed E-state index contributed by atoms with van der Waals surface area (Å²) in [5, 5.41) is 2.03. The predicted molar refractivity (Wildman–Crippen MR) is 62.4 cm³/mol. The third kappa shape index (κ3) is 2.96. The Hall–Kier alpha value is -1.08. The minimum atomic E-state index is -4.41. The zero-order valence-corrected chi connectivity index (χ0v) is 9.66. The molecule has 0 aliphatic rings. The highest BCUT2D eigenvalue weighted by molar-refractivity contribution is 8.02. The summed E-state index contributed by atoms with van der Waals surface area (Å²) in [7, 11) is -4.41. The van der Waals surface area contributed by atoms with E-state index in [9.17, 15) is 8.42 Å². The molecule has 6 heteroatoms. The molecule has 0 aliphatic heterocycles. The molecule has 84 valence electrons. The van der Waals surface area contributed by atoms with E-state index < -0.39 is 10.4 Å². The van der Waals surface area contributed by atoms with Crippen molar-refractivity contribution in [2.24, 2.45) is 0 Å². The van der Waals surface area contributed by atoms with Crippen molar-refractivity contribution in [1.29, 1.82) is 0 Å². The van der Waals surface area contributed by atoms with E-state index >= 15 is 0 Å². The van der Waals surface area contributed by atoms with Crippen LogP contribution in [-0.4, -0.2) is 13.0 Å². The smallest absolute Gasteiger partial charge is 0.263 e. The average Bonchev–Trinajstić information content (AvgIpc) is 2.25. The van der Waals surface area contributed by atoms with Crippen LogP contribution in [0.5, 0.6) is 0 Å². The molecule has 0 bridgehead atoms. The molecule has 0 fully saturated rings. The monoisotopic (exact) mass is 256 g/mol. The molecule has 0 saturated carbocycles. The summed E-state index contributed by atoms with van der Waals surface area (Å²) in [6.45, 7) is 0. The molecule has 0 heterocycles. The van der Waals surface area contributed by atoms with E-state index in [4.69, 9.17) is 4.55 Å². The Morgan fingerprint density at radius 1 is 1.06 bits per heavy atom. The molecule has 0 aromatic heterocycles. The van der Waals surface area contributed by atoms with Gasteiger partial charge < -0.3 is 0 Å². The molecule has 4 nitrogen and oxygen atoms in total. The van der Waals surface area contributed by atoms with Crippen molar-refractivity contribution in [3.05, 3.63) is 42.5 Å². The van der Waals surface area contributed by atoms with Gasteiger partial charge in [0.25, 0.3) is 0 Å². The highest BCUT2D eigenvalue weighted by atomic mass is 32.3. The molecule has 0 saturated heterocycles. The largest absolute Gasteiger partial charge is 0.408 e. The highest BCUT2D eigenvalue weighted by Crippen LogP contribution is 2.25. The van der Waals surface area contributed by atoms with E-state index in [-0.39, 0.29) is 0 Å². The fourth-order valence-electron chi connectivity index (χ4n) is 1.30. The Labute approximate surface area is 97.4 Å². The average molecular weight is 256 g/mol. The summed E-state index contributed by atoms with van der Waals surface area (Å²) >= 11 is 0.604. The van der Waals surface area contributed by atoms with Crippen LogP contribution >= 0.6 is 12.0 Å². The first-order valence-electron chi connectivity index (χ1n) is 4.37. The molecule has 0 amide bonds. The van der Waals surface area contributed by atoms with E-state index in [1.54, 1.807) is 12.1 Å². The van der Waals surface area contributed by atoms with Crippen LogP contribution in [0.4, 0.5) is 0 Å². The Balaban J connectivity index is 2.26. The minimum Gasteiger partial charge on any atom is -0.263 e. The van der Waals surface area contributed by atoms with Gasteiger partial charge in [-0.25, -0.2) is 0 Å². The lowest BCUT2D eigenvalue weighted by Crippen LogP contribution is -1.96. The van der Waals surface area contributed by atoms with E-state index in [2.05, 4.69) is 3.63 Å². The van der Waals surface area contributed by atoms with Crippen molar-refractivity contribution in [3.63, 3.8) is 0 Å². The molecule has 16 heavy (non-hydrogen) atoms. The topological polar surface area (TPSA) is 63.6 Å². The summed E-state index contributed by atoms with van der Waals surface area (Å²) < 4.78 is 33.4. The standard InChI is InChI=1S/C10H8O4S2/c11-16(12,13)14-15-10-6-5-8-3-1-2-4-9(8)7-10/h1-7H,(H,11,12,13). The summed E-state index contributed by atoms with van der Waals surface area (Å²) in [6, 6.07) is 13.0. The second kappa shape index (κ2) is 4.42. The number of rotatable bonds is 3. The van der Waals surface area contributed by atoms with Crippen LogP contribution in [0.3, 0.4) is 0 Å². The lowest BCUT2D eigenvalue weighted by molar-refractivity contribution is 0.407. The van der Waals surface area contributed by atoms with Gasteiger partial charge in [-0.15, -0.1) is 0 Å². The maximum atomic E-state index is 10.4. The van der Waals surface area contributed by atoms with Crippen LogP contribution in [-0.2, 0) is 14.0 Å². The third-order valence-corrected chi connectivity index (χ3v) is 3.34. The van der Waals surface area contributed by atoms with Crippen LogP contribution in [0.25, 0.3) is 10.8 Å². The summed E-state index contributed by atoms with van der Waals surface area (Å²) in [5.74, 6) is 0. The van der Waals surface area contributed by atoms with E-state index in [0.29, 0.717) is 16.9 Å². The summed E-state index contributed by atoms with van der Waals surface area (Å²) in [5.41, 5.74) is 0. The van der Waals surface area contributed by atoms with Crippen LogP contribution < -0.4 is 0 Å². The van der Waals surface area contributed by atoms with Gasteiger partial charge in [0.1, 0.15) is 0 Å².